The molecule has 1 nitrogen and oxygen atoms in total. The zero-order valence-corrected chi connectivity index (χ0v) is 3.42. The van der Waals surface area contributed by atoms with Crippen molar-refractivity contribution in [2.24, 2.45) is 0 Å². The lowest BCUT2D eigenvalue weighted by molar-refractivity contribution is 0.701. The summed E-state index contributed by atoms with van der Waals surface area (Å²) in [4.78, 5) is 0. The van der Waals surface area contributed by atoms with Crippen molar-refractivity contribution in [1.29, 1.82) is 0 Å². The molecule has 0 aromatic rings. The molecule has 0 aliphatic heterocycles. The molecule has 0 unspecified atom stereocenters. The van der Waals surface area contributed by atoms with Gasteiger partial charge in [0.1, 0.15) is 0 Å². The van der Waals surface area contributed by atoms with Crippen LogP contribution in [0.3, 0.4) is 0 Å². The summed E-state index contributed by atoms with van der Waals surface area (Å²) in [6.45, 7) is 3.22. The van der Waals surface area contributed by atoms with Crippen molar-refractivity contribution in [3.63, 3.8) is 0 Å². The van der Waals surface area contributed by atoms with Crippen LogP contribution in [0, 0.1) is 0 Å². The first-order valence-electron chi connectivity index (χ1n) is 1.07. The predicted octanol–water partition coefficient (Wildman–Crippen LogP) is 0.0646. The summed E-state index contributed by atoms with van der Waals surface area (Å²) in [6.07, 6.45) is 1.33. The Balaban J connectivity index is 3.31. The monoisotopic (exact) mass is 87.0 g/mol. The fourth-order valence-electron chi connectivity index (χ4n) is 0.0340. The van der Waals surface area contributed by atoms with Gasteiger partial charge in [0.15, 0.2) is 0 Å². The van der Waals surface area contributed by atoms with Gasteiger partial charge in [-0.3, -0.25) is 0 Å². The molecular weight excluding hydrogens is 84.1 g/mol. The van der Waals surface area contributed by atoms with E-state index in [1.165, 1.54) is 6.08 Å². The molecule has 0 spiro atoms. The van der Waals surface area contributed by atoms with E-state index in [-0.39, 0.29) is 11.3 Å². The summed E-state index contributed by atoms with van der Waals surface area (Å²) in [5.74, 6) is 0. The lowest BCUT2D eigenvalue weighted by Crippen LogP contribution is -1.49. The molecule has 0 aromatic heterocycles. The fraction of sp³-hybridized carbons (Fsp3) is 0. The predicted molar refractivity (Wildman–Crippen MR) is 23.3 cm³/mol. The zero-order chi connectivity index (χ0) is 4.12. The van der Waals surface area contributed by atoms with E-state index in [0.717, 1.165) is 0 Å². The number of allylic oxidation sites excluding steroid dienone is 1. The minimum absolute atomic E-state index is 0.284. The smallest absolute Gasteiger partial charge is 0.0981 e. The fourth-order valence-corrected chi connectivity index (χ4v) is 0.102. The van der Waals surface area contributed by atoms with Gasteiger partial charge in [0.05, 0.1) is 16.6 Å². The van der Waals surface area contributed by atoms with E-state index in [1.807, 2.05) is 0 Å². The summed E-state index contributed by atoms with van der Waals surface area (Å²) in [6, 6.07) is 0. The van der Waals surface area contributed by atoms with Crippen molar-refractivity contribution in [1.82, 2.24) is 0 Å². The summed E-state index contributed by atoms with van der Waals surface area (Å²) in [5, 5.41) is 2.24. The van der Waals surface area contributed by atoms with Gasteiger partial charge in [-0.15, -0.1) is 0 Å². The zero-order valence-electron chi connectivity index (χ0n) is 2.60. The average Bonchev–Trinajstić information content (AvgIpc) is 1.41. The summed E-state index contributed by atoms with van der Waals surface area (Å²) in [5.41, 5.74) is 0. The first kappa shape index (κ1) is 4.63. The largest absolute Gasteiger partial charge is 0.212 e. The van der Waals surface area contributed by atoms with Crippen molar-refractivity contribution in [3.05, 3.63) is 12.7 Å². The third-order valence-electron chi connectivity index (χ3n) is 0.131. The molecule has 0 heterocycles. The molecule has 0 rings (SSSR count). The summed E-state index contributed by atoms with van der Waals surface area (Å²) in [7, 11) is 0. The topological polar surface area (TPSA) is 17.1 Å². The maximum absolute atomic E-state index is 9.26. The molecular formula is C3H3OS. The second kappa shape index (κ2) is 3.63. The highest BCUT2D eigenvalue weighted by Crippen LogP contribution is 1.39. The van der Waals surface area contributed by atoms with Crippen LogP contribution in [0.15, 0.2) is 12.7 Å². The van der Waals surface area contributed by atoms with Crippen molar-refractivity contribution >= 4 is 16.6 Å². The number of hydrogen-bond donors (Lipinski definition) is 0. The van der Waals surface area contributed by atoms with Gasteiger partial charge in [-0.25, -0.2) is 4.21 Å². The summed E-state index contributed by atoms with van der Waals surface area (Å²) < 4.78 is 9.26. The minimum Gasteiger partial charge on any atom is -0.212 e. The molecule has 0 aliphatic rings. The summed E-state index contributed by atoms with van der Waals surface area (Å²) >= 11 is 0.284. The van der Waals surface area contributed by atoms with Gasteiger partial charge in [-0.2, -0.15) is 0 Å². The highest BCUT2D eigenvalue weighted by molar-refractivity contribution is 7.65. The third kappa shape index (κ3) is 3.63. The van der Waals surface area contributed by atoms with E-state index in [9.17, 15) is 4.21 Å². The third-order valence-corrected chi connectivity index (χ3v) is 0.394. The first-order valence-corrected chi connectivity index (χ1v) is 1.81. The van der Waals surface area contributed by atoms with Gasteiger partial charge in [-0.05, 0) is 6.08 Å². The van der Waals surface area contributed by atoms with Crippen LogP contribution < -0.4 is 0 Å². The van der Waals surface area contributed by atoms with Crippen LogP contribution in [0.4, 0.5) is 0 Å². The van der Waals surface area contributed by atoms with Gasteiger partial charge in [0.25, 0.3) is 0 Å². The van der Waals surface area contributed by atoms with E-state index in [4.69, 9.17) is 0 Å². The number of hydrogen-bond acceptors (Lipinski definition) is 1. The van der Waals surface area contributed by atoms with Crippen LogP contribution in [0.25, 0.3) is 0 Å². The quantitative estimate of drug-likeness (QED) is 0.326. The highest BCUT2D eigenvalue weighted by atomic mass is 32.1. The molecule has 0 aliphatic carbocycles. The van der Waals surface area contributed by atoms with Crippen LogP contribution in [-0.2, 0) is 11.3 Å². The van der Waals surface area contributed by atoms with Gasteiger partial charge in [0.2, 0.25) is 0 Å². The normalized spacial score (nSPS) is 5.60. The average molecular weight is 87.1 g/mol. The molecule has 0 N–H and O–H groups in total. The lowest BCUT2D eigenvalue weighted by atomic mass is 10.8. The molecule has 0 amide bonds. The standard InChI is InChI=1S/C3H3OS/c1-2-3-5-4/h2H,1H2. The van der Waals surface area contributed by atoms with E-state index in [2.05, 4.69) is 11.9 Å². The molecule has 27 valence electrons. The Labute approximate surface area is 34.4 Å². The second-order valence-corrected chi connectivity index (χ2v) is 0.808. The Morgan fingerprint density at radius 3 is 2.60 bits per heavy atom. The first-order chi connectivity index (χ1) is 2.41. The van der Waals surface area contributed by atoms with E-state index >= 15 is 0 Å². The van der Waals surface area contributed by atoms with Gasteiger partial charge in [-0.1, -0.05) is 6.58 Å². The van der Waals surface area contributed by atoms with Gasteiger partial charge in [0, 0.05) is 0 Å². The SMILES string of the molecule is C=C[C]=S=O. The van der Waals surface area contributed by atoms with E-state index < -0.39 is 0 Å². The van der Waals surface area contributed by atoms with Crippen LogP contribution >= 0.6 is 0 Å². The Kier molecular flexibility index (Phi) is 3.36. The van der Waals surface area contributed by atoms with Crippen LogP contribution in [-0.4, -0.2) is 9.58 Å². The minimum atomic E-state index is 0.284. The van der Waals surface area contributed by atoms with Crippen molar-refractivity contribution < 1.29 is 4.21 Å². The molecule has 0 saturated heterocycles. The van der Waals surface area contributed by atoms with Crippen molar-refractivity contribution in [3.8, 4) is 0 Å². The molecule has 0 bridgehead atoms. The maximum atomic E-state index is 9.26. The molecule has 0 saturated carbocycles. The van der Waals surface area contributed by atoms with Crippen LogP contribution in [0.1, 0.15) is 0 Å². The molecule has 5 heavy (non-hydrogen) atoms. The van der Waals surface area contributed by atoms with Crippen molar-refractivity contribution in [2.75, 3.05) is 0 Å². The Bertz CT molecular complexity index is 71.0. The lowest BCUT2D eigenvalue weighted by Gasteiger charge is -1.40. The number of rotatable bonds is 1. The molecule has 0 fully saturated rings. The van der Waals surface area contributed by atoms with Gasteiger partial charge >= 0.3 is 0 Å². The van der Waals surface area contributed by atoms with E-state index in [0.29, 0.717) is 0 Å². The van der Waals surface area contributed by atoms with Crippen molar-refractivity contribution in [2.45, 2.75) is 0 Å². The molecule has 1 radical (unpaired) electrons. The van der Waals surface area contributed by atoms with E-state index in [1.54, 1.807) is 0 Å². The molecule has 2 heteroatoms. The van der Waals surface area contributed by atoms with Crippen LogP contribution in [0.5, 0.6) is 0 Å². The highest BCUT2D eigenvalue weighted by Gasteiger charge is 1.44. The maximum Gasteiger partial charge on any atom is 0.0981 e. The Hall–Kier alpha value is -0.370. The second-order valence-electron chi connectivity index (χ2n) is 0.405. The van der Waals surface area contributed by atoms with Crippen LogP contribution in [0.2, 0.25) is 0 Å². The Morgan fingerprint density at radius 2 is 2.60 bits per heavy atom. The van der Waals surface area contributed by atoms with Gasteiger partial charge < -0.3 is 0 Å². The molecule has 0 aromatic carbocycles. The Morgan fingerprint density at radius 1 is 2.00 bits per heavy atom. The molecule has 0 atom stereocenters.